The van der Waals surface area contributed by atoms with Gasteiger partial charge in [-0.15, -0.1) is 0 Å². The van der Waals surface area contributed by atoms with E-state index in [9.17, 15) is 18.4 Å². The molecule has 0 unspecified atom stereocenters. The highest BCUT2D eigenvalue weighted by molar-refractivity contribution is 6.31. The molecule has 5 nitrogen and oxygen atoms in total. The Kier molecular flexibility index (Phi) is 7.52. The fraction of sp³-hybridized carbons (Fsp3) is 0.200. The number of carbonyl (C=O) groups excluding carboxylic acids is 2. The smallest absolute Gasteiger partial charge is 0.387 e. The van der Waals surface area contributed by atoms with Crippen molar-refractivity contribution in [3.8, 4) is 5.75 Å². The van der Waals surface area contributed by atoms with E-state index >= 15 is 0 Å². The number of alkyl halides is 2. The van der Waals surface area contributed by atoms with Crippen LogP contribution in [0.3, 0.4) is 0 Å². The molecule has 148 valence electrons. The van der Waals surface area contributed by atoms with Crippen molar-refractivity contribution in [2.45, 2.75) is 26.6 Å². The fourth-order valence-corrected chi connectivity index (χ4v) is 2.34. The number of benzene rings is 2. The van der Waals surface area contributed by atoms with Crippen LogP contribution in [-0.2, 0) is 14.3 Å². The molecule has 0 bridgehead atoms. The van der Waals surface area contributed by atoms with Crippen molar-refractivity contribution in [1.82, 2.24) is 0 Å². The van der Waals surface area contributed by atoms with Gasteiger partial charge in [0.2, 0.25) is 0 Å². The molecule has 0 saturated heterocycles. The number of esters is 1. The second kappa shape index (κ2) is 9.85. The van der Waals surface area contributed by atoms with E-state index in [1.54, 1.807) is 25.1 Å². The van der Waals surface area contributed by atoms with Gasteiger partial charge in [0.1, 0.15) is 5.75 Å². The second-order valence-corrected chi connectivity index (χ2v) is 6.17. The maximum atomic E-state index is 12.2. The van der Waals surface area contributed by atoms with E-state index in [2.05, 4.69) is 10.1 Å². The molecule has 0 aliphatic carbocycles. The lowest BCUT2D eigenvalue weighted by Gasteiger charge is -2.14. The third-order valence-electron chi connectivity index (χ3n) is 3.70. The van der Waals surface area contributed by atoms with E-state index in [0.717, 1.165) is 6.08 Å². The van der Waals surface area contributed by atoms with Crippen LogP contribution in [0.5, 0.6) is 5.75 Å². The first kappa shape index (κ1) is 21.4. The van der Waals surface area contributed by atoms with Crippen molar-refractivity contribution in [2.75, 3.05) is 5.32 Å². The Balaban J connectivity index is 1.90. The van der Waals surface area contributed by atoms with Crippen molar-refractivity contribution in [1.29, 1.82) is 0 Å². The SMILES string of the molecule is Cc1c(Cl)cccc1NC(=O)[C@H](C)OC(=O)/C=C/c1ccc(OC(F)F)cc1. The molecule has 2 aromatic rings. The Hall–Kier alpha value is -2.93. The van der Waals surface area contributed by atoms with Crippen LogP contribution in [0.2, 0.25) is 5.02 Å². The summed E-state index contributed by atoms with van der Waals surface area (Å²) in [5.74, 6) is -1.21. The van der Waals surface area contributed by atoms with Gasteiger partial charge in [0, 0.05) is 16.8 Å². The summed E-state index contributed by atoms with van der Waals surface area (Å²) in [5.41, 5.74) is 1.81. The normalized spacial score (nSPS) is 12.1. The van der Waals surface area contributed by atoms with Crippen molar-refractivity contribution >= 4 is 35.2 Å². The number of hydrogen-bond acceptors (Lipinski definition) is 4. The predicted molar refractivity (Wildman–Crippen MR) is 102 cm³/mol. The highest BCUT2D eigenvalue weighted by Crippen LogP contribution is 2.23. The van der Waals surface area contributed by atoms with Crippen LogP contribution in [0.4, 0.5) is 14.5 Å². The molecule has 0 fully saturated rings. The van der Waals surface area contributed by atoms with E-state index in [0.29, 0.717) is 21.8 Å². The van der Waals surface area contributed by atoms with E-state index < -0.39 is 24.6 Å². The second-order valence-electron chi connectivity index (χ2n) is 5.76. The van der Waals surface area contributed by atoms with Crippen LogP contribution < -0.4 is 10.1 Å². The highest BCUT2D eigenvalue weighted by Gasteiger charge is 2.17. The first-order valence-electron chi connectivity index (χ1n) is 8.26. The molecule has 2 rings (SSSR count). The number of nitrogens with one attached hydrogen (secondary N) is 1. The van der Waals surface area contributed by atoms with Crippen LogP contribution in [0.1, 0.15) is 18.1 Å². The summed E-state index contributed by atoms with van der Waals surface area (Å²) >= 11 is 6.00. The minimum atomic E-state index is -2.90. The summed E-state index contributed by atoms with van der Waals surface area (Å²) in [4.78, 5) is 24.1. The van der Waals surface area contributed by atoms with Crippen molar-refractivity contribution in [3.63, 3.8) is 0 Å². The zero-order valence-corrected chi connectivity index (χ0v) is 15.9. The number of anilines is 1. The monoisotopic (exact) mass is 409 g/mol. The van der Waals surface area contributed by atoms with Crippen molar-refractivity contribution < 1.29 is 27.8 Å². The molecule has 1 amide bonds. The van der Waals surface area contributed by atoms with E-state index in [4.69, 9.17) is 16.3 Å². The quantitative estimate of drug-likeness (QED) is 0.525. The largest absolute Gasteiger partial charge is 0.449 e. The van der Waals surface area contributed by atoms with Crippen LogP contribution >= 0.6 is 11.6 Å². The first-order chi connectivity index (χ1) is 13.3. The Morgan fingerprint density at radius 3 is 2.46 bits per heavy atom. The standard InChI is InChI=1S/C20H18ClF2NO4/c1-12-16(21)4-3-5-17(12)24-19(26)13(2)27-18(25)11-8-14-6-9-15(10-7-14)28-20(22)23/h3-11,13,20H,1-2H3,(H,24,26)/b11-8+/t13-/m0/s1. The summed E-state index contributed by atoms with van der Waals surface area (Å²) in [5, 5.41) is 3.16. The lowest BCUT2D eigenvalue weighted by molar-refractivity contribution is -0.148. The molecule has 1 atom stereocenters. The maximum absolute atomic E-state index is 12.2. The van der Waals surface area contributed by atoms with Gasteiger partial charge in [-0.2, -0.15) is 8.78 Å². The molecule has 0 aliphatic heterocycles. The minimum absolute atomic E-state index is 0.0105. The van der Waals surface area contributed by atoms with Crippen LogP contribution in [0, 0.1) is 6.92 Å². The number of carbonyl (C=O) groups is 2. The van der Waals surface area contributed by atoms with Crippen LogP contribution in [0.25, 0.3) is 6.08 Å². The third kappa shape index (κ3) is 6.35. The van der Waals surface area contributed by atoms with Gasteiger partial charge in [-0.25, -0.2) is 4.79 Å². The molecule has 2 aromatic carbocycles. The van der Waals surface area contributed by atoms with Gasteiger partial charge in [-0.1, -0.05) is 29.8 Å². The summed E-state index contributed by atoms with van der Waals surface area (Å²) < 4.78 is 33.5. The molecule has 0 heterocycles. The van der Waals surface area contributed by atoms with Gasteiger partial charge in [0.15, 0.2) is 6.10 Å². The Morgan fingerprint density at radius 2 is 1.82 bits per heavy atom. The molecule has 0 saturated carbocycles. The number of rotatable bonds is 7. The Labute approximate surface area is 165 Å². The Morgan fingerprint density at radius 1 is 1.14 bits per heavy atom. The number of hydrogen-bond donors (Lipinski definition) is 1. The van der Waals surface area contributed by atoms with E-state index in [1.807, 2.05) is 0 Å². The van der Waals surface area contributed by atoms with Gasteiger partial charge < -0.3 is 14.8 Å². The lowest BCUT2D eigenvalue weighted by Crippen LogP contribution is -2.29. The average molecular weight is 410 g/mol. The van der Waals surface area contributed by atoms with Gasteiger partial charge in [-0.05, 0) is 55.3 Å². The number of ether oxygens (including phenoxy) is 2. The Bertz CT molecular complexity index is 869. The summed E-state index contributed by atoms with van der Waals surface area (Å²) in [6, 6.07) is 10.8. The zero-order valence-electron chi connectivity index (χ0n) is 15.1. The molecule has 0 aliphatic rings. The molecule has 0 spiro atoms. The highest BCUT2D eigenvalue weighted by atomic mass is 35.5. The van der Waals surface area contributed by atoms with Gasteiger partial charge in [0.05, 0.1) is 0 Å². The summed E-state index contributed by atoms with van der Waals surface area (Å²) in [6.45, 7) is 0.298. The molecular weight excluding hydrogens is 392 g/mol. The minimum Gasteiger partial charge on any atom is -0.449 e. The molecule has 28 heavy (non-hydrogen) atoms. The lowest BCUT2D eigenvalue weighted by atomic mass is 10.2. The zero-order chi connectivity index (χ0) is 20.7. The predicted octanol–water partition coefficient (Wildman–Crippen LogP) is 4.83. The fourth-order valence-electron chi connectivity index (χ4n) is 2.17. The molecule has 0 radical (unpaired) electrons. The first-order valence-corrected chi connectivity index (χ1v) is 8.63. The van der Waals surface area contributed by atoms with E-state index in [1.165, 1.54) is 37.3 Å². The van der Waals surface area contributed by atoms with Crippen molar-refractivity contribution in [3.05, 3.63) is 64.7 Å². The summed E-state index contributed by atoms with van der Waals surface area (Å²) in [7, 11) is 0. The average Bonchev–Trinajstić information content (AvgIpc) is 2.64. The topological polar surface area (TPSA) is 64.6 Å². The third-order valence-corrected chi connectivity index (χ3v) is 4.11. The van der Waals surface area contributed by atoms with Crippen LogP contribution in [0.15, 0.2) is 48.5 Å². The van der Waals surface area contributed by atoms with Crippen LogP contribution in [-0.4, -0.2) is 24.6 Å². The van der Waals surface area contributed by atoms with Crippen molar-refractivity contribution in [2.24, 2.45) is 0 Å². The summed E-state index contributed by atoms with van der Waals surface area (Å²) in [6.07, 6.45) is 1.54. The molecule has 1 N–H and O–H groups in total. The maximum Gasteiger partial charge on any atom is 0.387 e. The molecule has 0 aromatic heterocycles. The van der Waals surface area contributed by atoms with Gasteiger partial charge >= 0.3 is 12.6 Å². The molecular formula is C20H18ClF2NO4. The number of halogens is 3. The van der Waals surface area contributed by atoms with Gasteiger partial charge in [-0.3, -0.25) is 4.79 Å². The number of amides is 1. The van der Waals surface area contributed by atoms with E-state index in [-0.39, 0.29) is 5.75 Å². The molecule has 8 heteroatoms. The van der Waals surface area contributed by atoms with Gasteiger partial charge in [0.25, 0.3) is 5.91 Å².